The molecule has 0 aliphatic rings. The van der Waals surface area contributed by atoms with Gasteiger partial charge in [-0.15, -0.1) is 0 Å². The molecule has 0 bridgehead atoms. The molecule has 0 fully saturated rings. The largest absolute Gasteiger partial charge is 0.507 e. The number of aromatic nitrogens is 2. The molecule has 2 aromatic rings. The summed E-state index contributed by atoms with van der Waals surface area (Å²) in [6, 6.07) is 6.49. The highest BCUT2D eigenvalue weighted by Crippen LogP contribution is 2.22. The Morgan fingerprint density at radius 1 is 1.42 bits per heavy atom. The second-order valence-corrected chi connectivity index (χ2v) is 5.38. The summed E-state index contributed by atoms with van der Waals surface area (Å²) >= 11 is 1.21. The first-order chi connectivity index (χ1) is 11.7. The Hall–Kier alpha value is -2.87. The minimum atomic E-state index is -0.297. The maximum atomic E-state index is 11.7. The predicted molar refractivity (Wildman–Crippen MR) is 92.3 cm³/mol. The van der Waals surface area contributed by atoms with Gasteiger partial charge in [0.15, 0.2) is 5.16 Å². The Balaban J connectivity index is 1.82. The van der Waals surface area contributed by atoms with Gasteiger partial charge in [-0.3, -0.25) is 4.79 Å². The van der Waals surface area contributed by atoms with Crippen LogP contribution in [0.3, 0.4) is 0 Å². The van der Waals surface area contributed by atoms with Gasteiger partial charge in [0.1, 0.15) is 18.1 Å². The molecule has 0 saturated carbocycles. The van der Waals surface area contributed by atoms with E-state index in [-0.39, 0.29) is 17.4 Å². The summed E-state index contributed by atoms with van der Waals surface area (Å²) < 4.78 is 5.30. The molecule has 0 saturated heterocycles. The molecule has 2 N–H and O–H groups in total. The summed E-state index contributed by atoms with van der Waals surface area (Å²) in [4.78, 5) is 19.7. The van der Waals surface area contributed by atoms with Crippen LogP contribution in [-0.4, -0.2) is 39.6 Å². The Morgan fingerprint density at radius 3 is 2.92 bits per heavy atom. The second-order valence-electron chi connectivity index (χ2n) is 4.43. The highest BCUT2D eigenvalue weighted by molar-refractivity contribution is 7.99. The molecule has 1 amide bonds. The van der Waals surface area contributed by atoms with Crippen LogP contribution < -0.4 is 10.2 Å². The van der Waals surface area contributed by atoms with Crippen LogP contribution in [0.15, 0.2) is 59.6 Å². The lowest BCUT2D eigenvalue weighted by Gasteiger charge is -2.05. The number of hydrogen-bond acceptors (Lipinski definition) is 7. The highest BCUT2D eigenvalue weighted by atomic mass is 32.2. The third-order valence-corrected chi connectivity index (χ3v) is 3.51. The van der Waals surface area contributed by atoms with Crippen molar-refractivity contribution in [2.24, 2.45) is 5.10 Å². The summed E-state index contributed by atoms with van der Waals surface area (Å²) in [6.45, 7) is 3.90. The van der Waals surface area contributed by atoms with Gasteiger partial charge < -0.3 is 9.84 Å². The van der Waals surface area contributed by atoms with Crippen molar-refractivity contribution < 1.29 is 14.6 Å². The summed E-state index contributed by atoms with van der Waals surface area (Å²) in [7, 11) is 0. The fourth-order valence-electron chi connectivity index (χ4n) is 1.57. The molecule has 1 aromatic carbocycles. The first-order valence-electron chi connectivity index (χ1n) is 6.97. The molecule has 1 aromatic heterocycles. The summed E-state index contributed by atoms with van der Waals surface area (Å²) in [6.07, 6.45) is 6.18. The number of carbonyl (C=O) groups excluding carboxylic acids is 1. The van der Waals surface area contributed by atoms with E-state index < -0.39 is 0 Å². The molecule has 0 aliphatic heterocycles. The zero-order valence-corrected chi connectivity index (χ0v) is 13.6. The number of nitrogens with zero attached hydrogens (tertiary/aromatic N) is 3. The number of rotatable bonds is 8. The van der Waals surface area contributed by atoms with E-state index in [1.54, 1.807) is 36.7 Å². The Bertz CT molecular complexity index is 723. The van der Waals surface area contributed by atoms with Crippen LogP contribution in [0, 0.1) is 0 Å². The number of ether oxygens (including phenoxy) is 1. The minimum absolute atomic E-state index is 0.00150. The molecule has 1 heterocycles. The maximum Gasteiger partial charge on any atom is 0.250 e. The Labute approximate surface area is 143 Å². The first kappa shape index (κ1) is 17.5. The van der Waals surface area contributed by atoms with Crippen molar-refractivity contribution >= 4 is 23.9 Å². The number of phenolic OH excluding ortho intramolecular Hbond substituents is 1. The van der Waals surface area contributed by atoms with E-state index in [4.69, 9.17) is 4.74 Å². The third-order valence-electron chi connectivity index (χ3n) is 2.64. The molecular formula is C16H16N4O3S. The lowest BCUT2D eigenvalue weighted by molar-refractivity contribution is -0.118. The van der Waals surface area contributed by atoms with Gasteiger partial charge in [-0.05, 0) is 18.2 Å². The van der Waals surface area contributed by atoms with Crippen LogP contribution in [-0.2, 0) is 4.79 Å². The van der Waals surface area contributed by atoms with Crippen LogP contribution in [0.4, 0.5) is 0 Å². The quantitative estimate of drug-likeness (QED) is 0.250. The fraction of sp³-hybridized carbons (Fsp3) is 0.125. The zero-order chi connectivity index (χ0) is 17.2. The van der Waals surface area contributed by atoms with Gasteiger partial charge in [0.25, 0.3) is 5.91 Å². The van der Waals surface area contributed by atoms with Gasteiger partial charge in [0, 0.05) is 24.0 Å². The van der Waals surface area contributed by atoms with E-state index >= 15 is 0 Å². The van der Waals surface area contributed by atoms with Gasteiger partial charge in [-0.25, -0.2) is 15.4 Å². The standard InChI is InChI=1S/C16H16N4O3S/c1-2-8-23-13-5-4-12(14(21)9-13)10-19-20-15(22)11-24-16-17-6-3-7-18-16/h2-7,9-10,21H,1,8,11H2,(H,20,22)/b19-10-. The highest BCUT2D eigenvalue weighted by Gasteiger charge is 2.04. The monoisotopic (exact) mass is 344 g/mol. The number of phenols is 1. The molecule has 0 atom stereocenters. The van der Waals surface area contributed by atoms with Crippen LogP contribution in [0.5, 0.6) is 11.5 Å². The van der Waals surface area contributed by atoms with Crippen LogP contribution in [0.2, 0.25) is 0 Å². The molecule has 0 aliphatic carbocycles. The Kier molecular flexibility index (Phi) is 6.78. The van der Waals surface area contributed by atoms with E-state index in [9.17, 15) is 9.90 Å². The van der Waals surface area contributed by atoms with Crippen molar-refractivity contribution in [1.82, 2.24) is 15.4 Å². The molecule has 124 valence electrons. The van der Waals surface area contributed by atoms with Crippen molar-refractivity contribution in [3.63, 3.8) is 0 Å². The number of nitrogens with one attached hydrogen (secondary N) is 1. The normalized spacial score (nSPS) is 10.5. The predicted octanol–water partition coefficient (Wildman–Crippen LogP) is 1.99. The van der Waals surface area contributed by atoms with Crippen molar-refractivity contribution in [2.45, 2.75) is 5.16 Å². The smallest absolute Gasteiger partial charge is 0.250 e. The van der Waals surface area contributed by atoms with E-state index in [1.807, 2.05) is 0 Å². The molecule has 24 heavy (non-hydrogen) atoms. The Morgan fingerprint density at radius 2 is 2.21 bits per heavy atom. The summed E-state index contributed by atoms with van der Waals surface area (Å²) in [5, 5.41) is 14.2. The number of thioether (sulfide) groups is 1. The number of hydrogen-bond donors (Lipinski definition) is 2. The third kappa shape index (κ3) is 5.73. The lowest BCUT2D eigenvalue weighted by Crippen LogP contribution is -2.19. The van der Waals surface area contributed by atoms with E-state index in [0.717, 1.165) is 0 Å². The van der Waals surface area contributed by atoms with Gasteiger partial charge in [-0.1, -0.05) is 24.4 Å². The maximum absolute atomic E-state index is 11.7. The molecular weight excluding hydrogens is 328 g/mol. The summed E-state index contributed by atoms with van der Waals surface area (Å²) in [5.74, 6) is 0.366. The first-order valence-corrected chi connectivity index (χ1v) is 7.96. The number of aromatic hydroxyl groups is 1. The van der Waals surface area contributed by atoms with Gasteiger partial charge in [0.05, 0.1) is 12.0 Å². The zero-order valence-electron chi connectivity index (χ0n) is 12.8. The molecule has 0 unspecified atom stereocenters. The average Bonchev–Trinajstić information content (AvgIpc) is 2.60. The van der Waals surface area contributed by atoms with Crippen molar-refractivity contribution in [3.8, 4) is 11.5 Å². The molecule has 0 radical (unpaired) electrons. The molecule has 2 rings (SSSR count). The summed E-state index contributed by atoms with van der Waals surface area (Å²) in [5.41, 5.74) is 2.83. The van der Waals surface area contributed by atoms with Crippen LogP contribution >= 0.6 is 11.8 Å². The van der Waals surface area contributed by atoms with Crippen molar-refractivity contribution in [3.05, 3.63) is 54.9 Å². The van der Waals surface area contributed by atoms with Crippen molar-refractivity contribution in [1.29, 1.82) is 0 Å². The molecule has 8 heteroatoms. The van der Waals surface area contributed by atoms with E-state index in [0.29, 0.717) is 23.1 Å². The topological polar surface area (TPSA) is 96.7 Å². The fourth-order valence-corrected chi connectivity index (χ4v) is 2.17. The number of hydrazone groups is 1. The average molecular weight is 344 g/mol. The second kappa shape index (κ2) is 9.31. The number of benzene rings is 1. The number of carbonyl (C=O) groups is 1. The number of amides is 1. The van der Waals surface area contributed by atoms with Crippen molar-refractivity contribution in [2.75, 3.05) is 12.4 Å². The van der Waals surface area contributed by atoms with Gasteiger partial charge in [0.2, 0.25) is 0 Å². The van der Waals surface area contributed by atoms with E-state index in [2.05, 4.69) is 27.1 Å². The van der Waals surface area contributed by atoms with E-state index in [1.165, 1.54) is 24.0 Å². The lowest BCUT2D eigenvalue weighted by atomic mass is 10.2. The van der Waals surface area contributed by atoms with Crippen LogP contribution in [0.25, 0.3) is 0 Å². The molecule has 7 nitrogen and oxygen atoms in total. The SMILES string of the molecule is C=CCOc1ccc(/C=N\NC(=O)CSc2ncccn2)c(O)c1. The van der Waals surface area contributed by atoms with Crippen LogP contribution in [0.1, 0.15) is 5.56 Å². The van der Waals surface area contributed by atoms with Gasteiger partial charge >= 0.3 is 0 Å². The molecule has 0 spiro atoms. The minimum Gasteiger partial charge on any atom is -0.507 e. The van der Waals surface area contributed by atoms with Gasteiger partial charge in [-0.2, -0.15) is 5.10 Å².